The highest BCUT2D eigenvalue weighted by Gasteiger charge is 2.23. The number of ether oxygens (including phenoxy) is 1. The SMILES string of the molecule is Cc1noc(C)c1C(=O)NC[C@H]1CN(Cc2ccccc2)CCO1. The van der Waals surface area contributed by atoms with Crippen molar-refractivity contribution in [1.82, 2.24) is 15.4 Å². The fourth-order valence-electron chi connectivity index (χ4n) is 2.99. The van der Waals surface area contributed by atoms with Crippen molar-refractivity contribution in [2.24, 2.45) is 0 Å². The lowest BCUT2D eigenvalue weighted by atomic mass is 10.1. The Labute approximate surface area is 141 Å². The van der Waals surface area contributed by atoms with E-state index in [1.165, 1.54) is 5.56 Å². The van der Waals surface area contributed by atoms with Gasteiger partial charge in [0.05, 0.1) is 18.4 Å². The second-order valence-electron chi connectivity index (χ2n) is 6.12. The molecule has 1 atom stereocenters. The highest BCUT2D eigenvalue weighted by Crippen LogP contribution is 2.13. The van der Waals surface area contributed by atoms with E-state index < -0.39 is 0 Å². The first-order chi connectivity index (χ1) is 11.6. The predicted molar refractivity (Wildman–Crippen MR) is 89.8 cm³/mol. The van der Waals surface area contributed by atoms with Gasteiger partial charge >= 0.3 is 0 Å². The van der Waals surface area contributed by atoms with Crippen molar-refractivity contribution in [2.45, 2.75) is 26.5 Å². The Morgan fingerprint density at radius 2 is 2.12 bits per heavy atom. The first-order valence-corrected chi connectivity index (χ1v) is 8.22. The molecular formula is C18H23N3O3. The summed E-state index contributed by atoms with van der Waals surface area (Å²) in [5, 5.41) is 6.75. The first kappa shape index (κ1) is 16.7. The third-order valence-corrected chi connectivity index (χ3v) is 4.22. The van der Waals surface area contributed by atoms with Gasteiger partial charge in [0.25, 0.3) is 5.91 Å². The Hall–Kier alpha value is -2.18. The predicted octanol–water partition coefficient (Wildman–Crippen LogP) is 1.92. The van der Waals surface area contributed by atoms with Crippen LogP contribution in [0.5, 0.6) is 0 Å². The quantitative estimate of drug-likeness (QED) is 0.908. The number of aromatic nitrogens is 1. The smallest absolute Gasteiger partial charge is 0.256 e. The average Bonchev–Trinajstić information content (AvgIpc) is 2.93. The van der Waals surface area contributed by atoms with Crippen LogP contribution < -0.4 is 5.32 Å². The van der Waals surface area contributed by atoms with Gasteiger partial charge in [0.15, 0.2) is 0 Å². The maximum Gasteiger partial charge on any atom is 0.256 e. The molecule has 1 aromatic heterocycles. The van der Waals surface area contributed by atoms with Crippen molar-refractivity contribution in [3.05, 3.63) is 52.9 Å². The van der Waals surface area contributed by atoms with Crippen LogP contribution in [0.4, 0.5) is 0 Å². The summed E-state index contributed by atoms with van der Waals surface area (Å²) in [6, 6.07) is 10.4. The summed E-state index contributed by atoms with van der Waals surface area (Å²) < 4.78 is 10.8. The van der Waals surface area contributed by atoms with E-state index in [0.717, 1.165) is 19.6 Å². The second-order valence-corrected chi connectivity index (χ2v) is 6.12. The number of hydrogen-bond donors (Lipinski definition) is 1. The van der Waals surface area contributed by atoms with Gasteiger partial charge in [-0.05, 0) is 19.4 Å². The van der Waals surface area contributed by atoms with Gasteiger partial charge in [-0.3, -0.25) is 9.69 Å². The number of amides is 1. The fourth-order valence-corrected chi connectivity index (χ4v) is 2.99. The van der Waals surface area contributed by atoms with Crippen LogP contribution in [0, 0.1) is 13.8 Å². The zero-order chi connectivity index (χ0) is 16.9. The molecule has 1 saturated heterocycles. The minimum Gasteiger partial charge on any atom is -0.374 e. The molecule has 1 fully saturated rings. The number of aryl methyl sites for hydroxylation is 2. The molecule has 1 amide bonds. The molecule has 1 N–H and O–H groups in total. The summed E-state index contributed by atoms with van der Waals surface area (Å²) in [7, 11) is 0. The Kier molecular flexibility index (Phi) is 5.27. The molecule has 6 nitrogen and oxygen atoms in total. The molecule has 24 heavy (non-hydrogen) atoms. The van der Waals surface area contributed by atoms with E-state index >= 15 is 0 Å². The third-order valence-electron chi connectivity index (χ3n) is 4.22. The normalized spacial score (nSPS) is 18.5. The van der Waals surface area contributed by atoms with Gasteiger partial charge in [-0.25, -0.2) is 0 Å². The Morgan fingerprint density at radius 3 is 2.83 bits per heavy atom. The lowest BCUT2D eigenvalue weighted by molar-refractivity contribution is -0.0292. The van der Waals surface area contributed by atoms with E-state index in [4.69, 9.17) is 9.26 Å². The molecule has 0 bridgehead atoms. The van der Waals surface area contributed by atoms with Gasteiger partial charge in [-0.1, -0.05) is 35.5 Å². The summed E-state index contributed by atoms with van der Waals surface area (Å²) in [5.41, 5.74) is 2.42. The summed E-state index contributed by atoms with van der Waals surface area (Å²) in [5.74, 6) is 0.385. The van der Waals surface area contributed by atoms with Crippen LogP contribution in [0.2, 0.25) is 0 Å². The standard InChI is InChI=1S/C18H23N3O3/c1-13-17(14(2)24-20-13)18(22)19-10-16-12-21(8-9-23-16)11-15-6-4-3-5-7-15/h3-7,16H,8-12H2,1-2H3,(H,19,22)/t16-/m0/s1. The number of nitrogens with one attached hydrogen (secondary N) is 1. The zero-order valence-electron chi connectivity index (χ0n) is 14.1. The van der Waals surface area contributed by atoms with Gasteiger partial charge in [-0.2, -0.15) is 0 Å². The number of morpholine rings is 1. The van der Waals surface area contributed by atoms with E-state index in [1.54, 1.807) is 13.8 Å². The van der Waals surface area contributed by atoms with Crippen molar-refractivity contribution in [3.63, 3.8) is 0 Å². The molecule has 0 radical (unpaired) electrons. The second kappa shape index (κ2) is 7.59. The molecule has 6 heteroatoms. The van der Waals surface area contributed by atoms with Crippen LogP contribution in [-0.4, -0.2) is 48.3 Å². The maximum atomic E-state index is 12.3. The molecule has 0 aliphatic carbocycles. The monoisotopic (exact) mass is 329 g/mol. The largest absolute Gasteiger partial charge is 0.374 e. The number of hydrogen-bond acceptors (Lipinski definition) is 5. The molecule has 1 aliphatic rings. The number of rotatable bonds is 5. The summed E-state index contributed by atoms with van der Waals surface area (Å²) in [6.07, 6.45) is -0.00751. The van der Waals surface area contributed by atoms with Crippen LogP contribution in [0.3, 0.4) is 0 Å². The minimum absolute atomic E-state index is 0.00751. The molecule has 2 heterocycles. The topological polar surface area (TPSA) is 67.6 Å². The summed E-state index contributed by atoms with van der Waals surface area (Å²) in [4.78, 5) is 14.6. The maximum absolute atomic E-state index is 12.3. The van der Waals surface area contributed by atoms with E-state index in [1.807, 2.05) is 6.07 Å². The third kappa shape index (κ3) is 4.01. The van der Waals surface area contributed by atoms with Crippen LogP contribution in [0.25, 0.3) is 0 Å². The summed E-state index contributed by atoms with van der Waals surface area (Å²) in [6.45, 7) is 7.28. The molecule has 0 unspecified atom stereocenters. The fraction of sp³-hybridized carbons (Fsp3) is 0.444. The van der Waals surface area contributed by atoms with Crippen molar-refractivity contribution in [3.8, 4) is 0 Å². The van der Waals surface area contributed by atoms with E-state index in [9.17, 15) is 4.79 Å². The molecule has 0 spiro atoms. The van der Waals surface area contributed by atoms with Crippen LogP contribution in [0.15, 0.2) is 34.9 Å². The van der Waals surface area contributed by atoms with Gasteiger partial charge < -0.3 is 14.6 Å². The molecule has 1 aliphatic heterocycles. The Balaban J connectivity index is 1.51. The lowest BCUT2D eigenvalue weighted by Crippen LogP contribution is -2.47. The van der Waals surface area contributed by atoms with E-state index in [2.05, 4.69) is 39.6 Å². The molecule has 128 valence electrons. The van der Waals surface area contributed by atoms with Crippen molar-refractivity contribution in [2.75, 3.05) is 26.2 Å². The molecule has 2 aromatic rings. The van der Waals surface area contributed by atoms with Gasteiger partial charge in [0.1, 0.15) is 11.3 Å². The lowest BCUT2D eigenvalue weighted by Gasteiger charge is -2.33. The van der Waals surface area contributed by atoms with E-state index in [0.29, 0.717) is 30.2 Å². The van der Waals surface area contributed by atoms with Gasteiger partial charge in [0, 0.05) is 26.2 Å². The van der Waals surface area contributed by atoms with Gasteiger partial charge in [0.2, 0.25) is 0 Å². The zero-order valence-corrected chi connectivity index (χ0v) is 14.1. The molecular weight excluding hydrogens is 306 g/mol. The van der Waals surface area contributed by atoms with Crippen LogP contribution in [0.1, 0.15) is 27.4 Å². The number of nitrogens with zero attached hydrogens (tertiary/aromatic N) is 2. The van der Waals surface area contributed by atoms with Crippen molar-refractivity contribution >= 4 is 5.91 Å². The highest BCUT2D eigenvalue weighted by molar-refractivity contribution is 5.96. The minimum atomic E-state index is -0.157. The Morgan fingerprint density at radius 1 is 1.33 bits per heavy atom. The van der Waals surface area contributed by atoms with Crippen molar-refractivity contribution < 1.29 is 14.1 Å². The first-order valence-electron chi connectivity index (χ1n) is 8.22. The van der Waals surface area contributed by atoms with Crippen LogP contribution >= 0.6 is 0 Å². The van der Waals surface area contributed by atoms with Crippen LogP contribution in [-0.2, 0) is 11.3 Å². The Bertz CT molecular complexity index is 665. The number of carbonyl (C=O) groups excluding carboxylic acids is 1. The molecule has 3 rings (SSSR count). The summed E-state index contributed by atoms with van der Waals surface area (Å²) >= 11 is 0. The molecule has 0 saturated carbocycles. The average molecular weight is 329 g/mol. The van der Waals surface area contributed by atoms with Crippen molar-refractivity contribution in [1.29, 1.82) is 0 Å². The molecule has 1 aromatic carbocycles. The van der Waals surface area contributed by atoms with E-state index in [-0.39, 0.29) is 12.0 Å². The van der Waals surface area contributed by atoms with Gasteiger partial charge in [-0.15, -0.1) is 0 Å². The number of carbonyl (C=O) groups is 1. The number of benzene rings is 1. The highest BCUT2D eigenvalue weighted by atomic mass is 16.5.